The smallest absolute Gasteiger partial charge is 0.234 e. The Morgan fingerprint density at radius 1 is 1.25 bits per heavy atom. The fourth-order valence-electron chi connectivity index (χ4n) is 1.73. The summed E-state index contributed by atoms with van der Waals surface area (Å²) in [4.78, 5) is 16.1. The molecular formula is C15H28N4O. The molecule has 20 heavy (non-hydrogen) atoms. The summed E-state index contributed by atoms with van der Waals surface area (Å²) in [5.74, 6) is 0.0277. The highest BCUT2D eigenvalue weighted by Crippen LogP contribution is 2.20. The number of carbonyl (C=O) groups excluding carboxylic acids is 1. The van der Waals surface area contributed by atoms with E-state index in [1.54, 1.807) is 12.5 Å². The molecule has 0 aliphatic heterocycles. The Hall–Kier alpha value is -1.36. The first-order valence-corrected chi connectivity index (χ1v) is 7.08. The Labute approximate surface area is 122 Å². The maximum atomic E-state index is 12.1. The summed E-state index contributed by atoms with van der Waals surface area (Å²) >= 11 is 0. The highest BCUT2D eigenvalue weighted by atomic mass is 16.2. The standard InChI is InChI=1S/C15H28N4O/c1-14(2,3)12(10-19-8-7-16-11-19)18-13(20)9-17-15(4,5)6/h7-8,11-12,17H,9-10H2,1-6H3,(H,18,20). The van der Waals surface area contributed by atoms with Gasteiger partial charge in [-0.2, -0.15) is 0 Å². The fraction of sp³-hybridized carbons (Fsp3) is 0.733. The summed E-state index contributed by atoms with van der Waals surface area (Å²) < 4.78 is 1.99. The summed E-state index contributed by atoms with van der Waals surface area (Å²) in [5.41, 5.74) is -0.0689. The van der Waals surface area contributed by atoms with Gasteiger partial charge < -0.3 is 15.2 Å². The molecule has 5 heteroatoms. The van der Waals surface area contributed by atoms with Crippen LogP contribution in [0.3, 0.4) is 0 Å². The second-order valence-corrected chi connectivity index (χ2v) is 7.35. The lowest BCUT2D eigenvalue weighted by Crippen LogP contribution is -2.50. The number of rotatable bonds is 5. The lowest BCUT2D eigenvalue weighted by molar-refractivity contribution is -0.122. The Morgan fingerprint density at radius 2 is 1.90 bits per heavy atom. The van der Waals surface area contributed by atoms with Gasteiger partial charge in [-0.05, 0) is 26.2 Å². The van der Waals surface area contributed by atoms with Gasteiger partial charge in [0.15, 0.2) is 0 Å². The molecule has 1 aromatic rings. The molecular weight excluding hydrogens is 252 g/mol. The third-order valence-electron chi connectivity index (χ3n) is 3.11. The van der Waals surface area contributed by atoms with E-state index in [9.17, 15) is 4.79 Å². The topological polar surface area (TPSA) is 59.0 Å². The second-order valence-electron chi connectivity index (χ2n) is 7.35. The Balaban J connectivity index is 2.59. The average molecular weight is 280 g/mol. The zero-order valence-corrected chi connectivity index (χ0v) is 13.5. The molecule has 0 spiro atoms. The summed E-state index contributed by atoms with van der Waals surface area (Å²) in [6.07, 6.45) is 5.44. The summed E-state index contributed by atoms with van der Waals surface area (Å²) in [6.45, 7) is 13.6. The van der Waals surface area contributed by atoms with Crippen molar-refractivity contribution < 1.29 is 4.79 Å². The normalized spacial score (nSPS) is 14.1. The van der Waals surface area contributed by atoms with E-state index >= 15 is 0 Å². The van der Waals surface area contributed by atoms with Crippen LogP contribution in [-0.2, 0) is 11.3 Å². The van der Waals surface area contributed by atoms with Crippen molar-refractivity contribution in [2.45, 2.75) is 59.7 Å². The zero-order valence-electron chi connectivity index (χ0n) is 13.5. The molecule has 0 aliphatic carbocycles. The second kappa shape index (κ2) is 6.39. The van der Waals surface area contributed by atoms with E-state index in [0.717, 1.165) is 6.54 Å². The minimum Gasteiger partial charge on any atom is -0.350 e. The van der Waals surface area contributed by atoms with Gasteiger partial charge in [-0.3, -0.25) is 4.79 Å². The fourth-order valence-corrected chi connectivity index (χ4v) is 1.73. The van der Waals surface area contributed by atoms with Crippen molar-refractivity contribution in [2.75, 3.05) is 6.54 Å². The van der Waals surface area contributed by atoms with Gasteiger partial charge in [0.1, 0.15) is 0 Å². The van der Waals surface area contributed by atoms with Gasteiger partial charge in [-0.15, -0.1) is 0 Å². The lowest BCUT2D eigenvalue weighted by atomic mass is 9.86. The van der Waals surface area contributed by atoms with E-state index < -0.39 is 0 Å². The molecule has 1 atom stereocenters. The number of amides is 1. The number of carbonyl (C=O) groups is 1. The molecule has 0 radical (unpaired) electrons. The quantitative estimate of drug-likeness (QED) is 0.864. The summed E-state index contributed by atoms with van der Waals surface area (Å²) in [7, 11) is 0. The van der Waals surface area contributed by atoms with Crippen molar-refractivity contribution >= 4 is 5.91 Å². The Kier molecular flexibility index (Phi) is 5.34. The number of nitrogens with zero attached hydrogens (tertiary/aromatic N) is 2. The molecule has 0 fully saturated rings. The van der Waals surface area contributed by atoms with Gasteiger partial charge in [-0.25, -0.2) is 4.98 Å². The molecule has 0 bridgehead atoms. The van der Waals surface area contributed by atoms with Gasteiger partial charge in [0.25, 0.3) is 0 Å². The number of imidazole rings is 1. The third kappa shape index (κ3) is 6.19. The Bertz CT molecular complexity index is 412. The zero-order chi connectivity index (χ0) is 15.4. The molecule has 0 saturated carbocycles. The number of hydrogen-bond acceptors (Lipinski definition) is 3. The summed E-state index contributed by atoms with van der Waals surface area (Å²) in [5, 5.41) is 6.32. The van der Waals surface area contributed by atoms with Crippen LogP contribution < -0.4 is 10.6 Å². The predicted molar refractivity (Wildman–Crippen MR) is 81.4 cm³/mol. The first-order valence-electron chi connectivity index (χ1n) is 7.08. The molecule has 0 aliphatic rings. The van der Waals surface area contributed by atoms with Crippen LogP contribution >= 0.6 is 0 Å². The van der Waals surface area contributed by atoms with E-state index in [-0.39, 0.29) is 22.9 Å². The molecule has 5 nitrogen and oxygen atoms in total. The molecule has 114 valence electrons. The van der Waals surface area contributed by atoms with E-state index in [1.807, 2.05) is 31.5 Å². The minimum atomic E-state index is -0.0566. The van der Waals surface area contributed by atoms with Gasteiger partial charge in [0.05, 0.1) is 18.9 Å². The molecule has 1 heterocycles. The van der Waals surface area contributed by atoms with Crippen LogP contribution in [0, 0.1) is 5.41 Å². The van der Waals surface area contributed by atoms with Gasteiger partial charge >= 0.3 is 0 Å². The van der Waals surface area contributed by atoms with E-state index in [2.05, 4.69) is 36.4 Å². The average Bonchev–Trinajstić information content (AvgIpc) is 2.76. The predicted octanol–water partition coefficient (Wildman–Crippen LogP) is 1.80. The molecule has 1 aromatic heterocycles. The first-order chi connectivity index (χ1) is 9.08. The van der Waals surface area contributed by atoms with Crippen LogP contribution in [0.5, 0.6) is 0 Å². The number of hydrogen-bond donors (Lipinski definition) is 2. The number of aromatic nitrogens is 2. The van der Waals surface area contributed by atoms with Crippen molar-refractivity contribution in [3.05, 3.63) is 18.7 Å². The number of nitrogens with one attached hydrogen (secondary N) is 2. The monoisotopic (exact) mass is 280 g/mol. The molecule has 0 aromatic carbocycles. The van der Waals surface area contributed by atoms with E-state index in [4.69, 9.17) is 0 Å². The lowest BCUT2D eigenvalue weighted by Gasteiger charge is -2.32. The van der Waals surface area contributed by atoms with Gasteiger partial charge in [0.2, 0.25) is 5.91 Å². The highest BCUT2D eigenvalue weighted by molar-refractivity contribution is 5.78. The maximum Gasteiger partial charge on any atom is 0.234 e. The molecule has 1 amide bonds. The van der Waals surface area contributed by atoms with Crippen molar-refractivity contribution in [1.82, 2.24) is 20.2 Å². The van der Waals surface area contributed by atoms with Crippen LogP contribution in [0.1, 0.15) is 41.5 Å². The van der Waals surface area contributed by atoms with Crippen molar-refractivity contribution in [3.63, 3.8) is 0 Å². The molecule has 0 saturated heterocycles. The van der Waals surface area contributed by atoms with Crippen LogP contribution in [-0.4, -0.2) is 33.6 Å². The van der Waals surface area contributed by atoms with E-state index in [1.165, 1.54) is 0 Å². The van der Waals surface area contributed by atoms with Crippen molar-refractivity contribution in [2.24, 2.45) is 5.41 Å². The van der Waals surface area contributed by atoms with Crippen LogP contribution in [0.2, 0.25) is 0 Å². The van der Waals surface area contributed by atoms with Gasteiger partial charge in [-0.1, -0.05) is 20.8 Å². The van der Waals surface area contributed by atoms with Crippen LogP contribution in [0.15, 0.2) is 18.7 Å². The first kappa shape index (κ1) is 16.7. The van der Waals surface area contributed by atoms with E-state index in [0.29, 0.717) is 6.54 Å². The van der Waals surface area contributed by atoms with Crippen LogP contribution in [0.4, 0.5) is 0 Å². The SMILES string of the molecule is CC(C)(C)NCC(=O)NC(Cn1ccnc1)C(C)(C)C. The van der Waals surface area contributed by atoms with Crippen LogP contribution in [0.25, 0.3) is 0 Å². The Morgan fingerprint density at radius 3 is 2.35 bits per heavy atom. The third-order valence-corrected chi connectivity index (χ3v) is 3.11. The molecule has 1 rings (SSSR count). The maximum absolute atomic E-state index is 12.1. The molecule has 2 N–H and O–H groups in total. The molecule has 1 unspecified atom stereocenters. The summed E-state index contributed by atoms with van der Waals surface area (Å²) in [6, 6.07) is 0.0611. The highest BCUT2D eigenvalue weighted by Gasteiger charge is 2.26. The minimum absolute atomic E-state index is 0.0122. The van der Waals surface area contributed by atoms with Gasteiger partial charge in [0, 0.05) is 24.5 Å². The van der Waals surface area contributed by atoms with Crippen molar-refractivity contribution in [3.8, 4) is 0 Å². The van der Waals surface area contributed by atoms with Crippen molar-refractivity contribution in [1.29, 1.82) is 0 Å². The largest absolute Gasteiger partial charge is 0.350 e.